The number of hydrogen-bond donors (Lipinski definition) is 3. The van der Waals surface area contributed by atoms with Gasteiger partial charge in [-0.2, -0.15) is 5.06 Å². The minimum atomic E-state index is -0.520. The third-order valence-electron chi connectivity index (χ3n) is 4.63. The van der Waals surface area contributed by atoms with Gasteiger partial charge in [-0.05, 0) is 44.9 Å². The number of carbonyl (C=O) groups is 1. The van der Waals surface area contributed by atoms with E-state index in [9.17, 15) is 20.2 Å². The lowest BCUT2D eigenvalue weighted by molar-refractivity contribution is -0.198. The molecule has 0 aromatic heterocycles. The molecule has 1 aliphatic heterocycles. The molecule has 19 heavy (non-hydrogen) atoms. The number of nitrogens with zero attached hydrogens (tertiary/aromatic N) is 1. The highest BCUT2D eigenvalue weighted by atomic mass is 16.5. The summed E-state index contributed by atoms with van der Waals surface area (Å²) in [4.78, 5) is 12.0. The molecule has 3 N–H and O–H groups in total. The maximum Gasteiger partial charge on any atom is 0.134 e. The minimum absolute atomic E-state index is 0.157. The number of hydrogen-bond acceptors (Lipinski definition) is 5. The van der Waals surface area contributed by atoms with E-state index in [0.29, 0.717) is 57.9 Å². The van der Waals surface area contributed by atoms with Gasteiger partial charge in [0.2, 0.25) is 0 Å². The zero-order chi connectivity index (χ0) is 13.9. The number of aliphatic hydroxyl groups excluding tert-OH is 2. The molecule has 1 heterocycles. The Kier molecular flexibility index (Phi) is 4.95. The first-order valence-corrected chi connectivity index (χ1v) is 7.36. The van der Waals surface area contributed by atoms with Gasteiger partial charge in [0.25, 0.3) is 0 Å². The van der Waals surface area contributed by atoms with Gasteiger partial charge in [-0.3, -0.25) is 4.79 Å². The highest BCUT2D eigenvalue weighted by Crippen LogP contribution is 2.37. The molecule has 2 rings (SSSR count). The first-order valence-electron chi connectivity index (χ1n) is 7.36. The summed E-state index contributed by atoms with van der Waals surface area (Å²) in [6, 6.07) is 0. The van der Waals surface area contributed by atoms with E-state index in [1.165, 1.54) is 5.06 Å². The summed E-state index contributed by atoms with van der Waals surface area (Å²) in [7, 11) is 0. The number of aliphatic hydroxyl groups is 2. The van der Waals surface area contributed by atoms with Crippen LogP contribution in [0.25, 0.3) is 0 Å². The summed E-state index contributed by atoms with van der Waals surface area (Å²) in [5.41, 5.74) is -0.520. The zero-order valence-electron chi connectivity index (χ0n) is 11.4. The average molecular weight is 271 g/mol. The van der Waals surface area contributed by atoms with Crippen LogP contribution in [0.15, 0.2) is 0 Å². The molecular weight excluding hydrogens is 246 g/mol. The quantitative estimate of drug-likeness (QED) is 0.617. The number of ketones is 1. The van der Waals surface area contributed by atoms with Gasteiger partial charge in [0, 0.05) is 19.4 Å². The average Bonchev–Trinajstić information content (AvgIpc) is 2.38. The Hall–Kier alpha value is -0.490. The van der Waals surface area contributed by atoms with E-state index in [1.54, 1.807) is 0 Å². The molecule has 1 saturated carbocycles. The fourth-order valence-corrected chi connectivity index (χ4v) is 3.31. The second-order valence-corrected chi connectivity index (χ2v) is 6.13. The van der Waals surface area contributed by atoms with Crippen LogP contribution in [-0.4, -0.2) is 50.6 Å². The predicted octanol–water partition coefficient (Wildman–Crippen LogP) is 1.25. The Morgan fingerprint density at radius 2 is 1.68 bits per heavy atom. The molecule has 1 saturated heterocycles. The second kappa shape index (κ2) is 6.31. The Morgan fingerprint density at radius 3 is 2.37 bits per heavy atom. The summed E-state index contributed by atoms with van der Waals surface area (Å²) in [5, 5.41) is 31.0. The summed E-state index contributed by atoms with van der Waals surface area (Å²) in [6.45, 7) is 0.393. The van der Waals surface area contributed by atoms with Crippen LogP contribution in [0, 0.1) is 0 Å². The molecule has 2 fully saturated rings. The molecule has 2 aliphatic rings. The van der Waals surface area contributed by atoms with Gasteiger partial charge in [0.05, 0.1) is 17.7 Å². The van der Waals surface area contributed by atoms with Crippen molar-refractivity contribution in [2.45, 2.75) is 75.5 Å². The monoisotopic (exact) mass is 271 g/mol. The standard InChI is InChI=1S/C14H25NO4/c16-11-2-1-3-13(18)10-14(15(19)9-6-11)7-4-12(17)5-8-14/h11-12,16-17,19H,1-10H2. The normalized spacial score (nSPS) is 39.4. The lowest BCUT2D eigenvalue weighted by Gasteiger charge is -2.44. The van der Waals surface area contributed by atoms with Gasteiger partial charge in [-0.15, -0.1) is 0 Å². The van der Waals surface area contributed by atoms with Crippen molar-refractivity contribution in [2.75, 3.05) is 6.54 Å². The Bertz CT molecular complexity index is 313. The van der Waals surface area contributed by atoms with Crippen molar-refractivity contribution in [2.24, 2.45) is 0 Å². The Labute approximate surface area is 114 Å². The molecule has 1 aliphatic carbocycles. The predicted molar refractivity (Wildman–Crippen MR) is 69.8 cm³/mol. The van der Waals surface area contributed by atoms with Crippen LogP contribution in [-0.2, 0) is 4.79 Å². The smallest absolute Gasteiger partial charge is 0.134 e. The third-order valence-corrected chi connectivity index (χ3v) is 4.63. The van der Waals surface area contributed by atoms with Crippen LogP contribution in [0.5, 0.6) is 0 Å². The lowest BCUT2D eigenvalue weighted by Crippen LogP contribution is -2.52. The molecule has 0 aromatic rings. The molecule has 1 atom stereocenters. The van der Waals surface area contributed by atoms with Gasteiger partial charge >= 0.3 is 0 Å². The summed E-state index contributed by atoms with van der Waals surface area (Å²) in [5.74, 6) is 0.157. The number of rotatable bonds is 0. The lowest BCUT2D eigenvalue weighted by atomic mass is 9.76. The number of Topliss-reactive ketones (excluding diaryl/α,β-unsaturated/α-hetero) is 1. The van der Waals surface area contributed by atoms with E-state index in [1.807, 2.05) is 0 Å². The molecule has 0 amide bonds. The fourth-order valence-electron chi connectivity index (χ4n) is 3.31. The molecule has 5 heteroatoms. The van der Waals surface area contributed by atoms with Crippen molar-refractivity contribution in [3.8, 4) is 0 Å². The van der Waals surface area contributed by atoms with Gasteiger partial charge in [0.1, 0.15) is 5.78 Å². The van der Waals surface area contributed by atoms with Crippen molar-refractivity contribution < 1.29 is 20.2 Å². The van der Waals surface area contributed by atoms with Gasteiger partial charge in [-0.1, -0.05) is 0 Å². The first-order chi connectivity index (χ1) is 9.02. The Morgan fingerprint density at radius 1 is 1.05 bits per heavy atom. The van der Waals surface area contributed by atoms with Crippen LogP contribution in [0.1, 0.15) is 57.8 Å². The van der Waals surface area contributed by atoms with Crippen molar-refractivity contribution in [1.29, 1.82) is 0 Å². The summed E-state index contributed by atoms with van der Waals surface area (Å²) >= 11 is 0. The molecule has 5 nitrogen and oxygen atoms in total. The largest absolute Gasteiger partial charge is 0.393 e. The molecule has 0 radical (unpaired) electrons. The van der Waals surface area contributed by atoms with Crippen molar-refractivity contribution >= 4 is 5.78 Å². The Balaban J connectivity index is 2.10. The van der Waals surface area contributed by atoms with Crippen molar-refractivity contribution in [1.82, 2.24) is 5.06 Å². The maximum absolute atomic E-state index is 12.0. The third kappa shape index (κ3) is 3.75. The molecule has 110 valence electrons. The fraction of sp³-hybridized carbons (Fsp3) is 0.929. The molecular formula is C14H25NO4. The molecule has 1 spiro atoms. The van der Waals surface area contributed by atoms with Crippen molar-refractivity contribution in [3.63, 3.8) is 0 Å². The molecule has 0 aromatic carbocycles. The number of hydroxylamine groups is 2. The van der Waals surface area contributed by atoms with Crippen molar-refractivity contribution in [3.05, 3.63) is 0 Å². The van der Waals surface area contributed by atoms with E-state index in [2.05, 4.69) is 0 Å². The van der Waals surface area contributed by atoms with Crippen LogP contribution in [0.4, 0.5) is 0 Å². The van der Waals surface area contributed by atoms with E-state index in [0.717, 1.165) is 6.42 Å². The van der Waals surface area contributed by atoms with E-state index in [-0.39, 0.29) is 11.9 Å². The minimum Gasteiger partial charge on any atom is -0.393 e. The second-order valence-electron chi connectivity index (χ2n) is 6.13. The molecule has 1 unspecified atom stereocenters. The van der Waals surface area contributed by atoms with Crippen LogP contribution >= 0.6 is 0 Å². The van der Waals surface area contributed by atoms with Gasteiger partial charge in [-0.25, -0.2) is 0 Å². The number of carbonyl (C=O) groups excluding carboxylic acids is 1. The molecule has 0 bridgehead atoms. The van der Waals surface area contributed by atoms with Crippen LogP contribution in [0.3, 0.4) is 0 Å². The summed E-state index contributed by atoms with van der Waals surface area (Å²) < 4.78 is 0. The highest BCUT2D eigenvalue weighted by molar-refractivity contribution is 5.79. The van der Waals surface area contributed by atoms with E-state index < -0.39 is 11.6 Å². The van der Waals surface area contributed by atoms with Gasteiger partial charge < -0.3 is 15.4 Å². The van der Waals surface area contributed by atoms with E-state index in [4.69, 9.17) is 0 Å². The topological polar surface area (TPSA) is 81.0 Å². The van der Waals surface area contributed by atoms with Crippen LogP contribution in [0.2, 0.25) is 0 Å². The van der Waals surface area contributed by atoms with Crippen LogP contribution < -0.4 is 0 Å². The van der Waals surface area contributed by atoms with E-state index >= 15 is 0 Å². The SMILES string of the molecule is O=C1CCCC(O)CCN(O)C2(CCC(O)CC2)C1. The van der Waals surface area contributed by atoms with Gasteiger partial charge in [0.15, 0.2) is 0 Å². The maximum atomic E-state index is 12.0. The highest BCUT2D eigenvalue weighted by Gasteiger charge is 2.41. The zero-order valence-corrected chi connectivity index (χ0v) is 11.4. The summed E-state index contributed by atoms with van der Waals surface area (Å²) in [6.07, 6.45) is 4.55. The first kappa shape index (κ1) is 14.9.